The third-order valence-electron chi connectivity index (χ3n) is 2.86. The van der Waals surface area contributed by atoms with Crippen LogP contribution < -0.4 is 5.32 Å². The minimum absolute atomic E-state index is 0.0324. The highest BCUT2D eigenvalue weighted by molar-refractivity contribution is 5.67. The number of benzene rings is 1. The summed E-state index contributed by atoms with van der Waals surface area (Å²) in [6, 6.07) is 9.48. The van der Waals surface area contributed by atoms with Gasteiger partial charge in [0, 0.05) is 6.54 Å². The molecule has 0 saturated heterocycles. The highest BCUT2D eigenvalue weighted by Crippen LogP contribution is 2.11. The lowest BCUT2D eigenvalue weighted by Crippen LogP contribution is -2.26. The van der Waals surface area contributed by atoms with Crippen molar-refractivity contribution >= 4 is 6.09 Å². The van der Waals surface area contributed by atoms with Gasteiger partial charge in [0.1, 0.15) is 12.8 Å². The molecule has 0 aliphatic carbocycles. The molecule has 0 heterocycles. The third-order valence-corrected chi connectivity index (χ3v) is 2.86. The van der Waals surface area contributed by atoms with Gasteiger partial charge in [0.25, 0.3) is 0 Å². The molecule has 1 N–H and O–H groups in total. The summed E-state index contributed by atoms with van der Waals surface area (Å²) in [4.78, 5) is 11.4. The number of rotatable bonds is 7. The Morgan fingerprint density at radius 3 is 2.63 bits per heavy atom. The number of amides is 1. The van der Waals surface area contributed by atoms with Gasteiger partial charge in [0.2, 0.25) is 0 Å². The zero-order valence-electron chi connectivity index (χ0n) is 11.6. The van der Waals surface area contributed by atoms with Crippen LogP contribution in [-0.4, -0.2) is 18.8 Å². The number of hydrogen-bond acceptors (Lipinski definition) is 2. The van der Waals surface area contributed by atoms with E-state index in [4.69, 9.17) is 4.74 Å². The van der Waals surface area contributed by atoms with Crippen molar-refractivity contribution < 1.29 is 13.9 Å². The quantitative estimate of drug-likeness (QED) is 0.765. The molecule has 0 bridgehead atoms. The van der Waals surface area contributed by atoms with Crippen molar-refractivity contribution in [3.8, 4) is 0 Å². The van der Waals surface area contributed by atoms with Gasteiger partial charge in [0.15, 0.2) is 0 Å². The van der Waals surface area contributed by atoms with Crippen LogP contribution in [0, 0.1) is 5.92 Å². The fraction of sp³-hybridized carbons (Fsp3) is 0.533. The molecule has 1 aromatic rings. The Morgan fingerprint density at radius 1 is 1.32 bits per heavy atom. The van der Waals surface area contributed by atoms with Gasteiger partial charge in [-0.1, -0.05) is 44.2 Å². The molecule has 3 nitrogen and oxygen atoms in total. The van der Waals surface area contributed by atoms with Crippen LogP contribution in [0.25, 0.3) is 0 Å². The molecule has 0 saturated carbocycles. The molecule has 0 aliphatic rings. The van der Waals surface area contributed by atoms with E-state index in [2.05, 4.69) is 5.32 Å². The molecule has 1 atom stereocenters. The van der Waals surface area contributed by atoms with Crippen LogP contribution >= 0.6 is 0 Å². The maximum atomic E-state index is 13.3. The molecular weight excluding hydrogens is 245 g/mol. The minimum atomic E-state index is -0.804. The van der Waals surface area contributed by atoms with E-state index in [-0.39, 0.29) is 12.5 Å². The fourth-order valence-electron chi connectivity index (χ4n) is 1.59. The first-order valence-corrected chi connectivity index (χ1v) is 6.68. The molecule has 0 aliphatic heterocycles. The molecule has 0 aromatic heterocycles. The van der Waals surface area contributed by atoms with Crippen LogP contribution in [0.5, 0.6) is 0 Å². The summed E-state index contributed by atoms with van der Waals surface area (Å²) >= 11 is 0. The van der Waals surface area contributed by atoms with Gasteiger partial charge in [-0.25, -0.2) is 9.18 Å². The average molecular weight is 267 g/mol. The van der Waals surface area contributed by atoms with Crippen molar-refractivity contribution in [2.45, 2.75) is 39.5 Å². The SMILES string of the molecule is CC(C)C(F)CCCNC(=O)OCc1ccccc1. The number of alkyl carbamates (subject to hydrolysis) is 1. The van der Waals surface area contributed by atoms with E-state index in [1.54, 1.807) is 0 Å². The van der Waals surface area contributed by atoms with Gasteiger partial charge >= 0.3 is 6.09 Å². The predicted molar refractivity (Wildman–Crippen MR) is 73.6 cm³/mol. The summed E-state index contributed by atoms with van der Waals surface area (Å²) in [5.74, 6) is 0.0324. The standard InChI is InChI=1S/C15H22FNO2/c1-12(2)14(16)9-6-10-17-15(18)19-11-13-7-4-3-5-8-13/h3-5,7-8,12,14H,6,9-11H2,1-2H3,(H,17,18). The molecule has 0 spiro atoms. The van der Waals surface area contributed by atoms with Gasteiger partial charge < -0.3 is 10.1 Å². The molecule has 1 unspecified atom stereocenters. The van der Waals surface area contributed by atoms with Crippen LogP contribution in [-0.2, 0) is 11.3 Å². The normalized spacial score (nSPS) is 12.2. The van der Waals surface area contributed by atoms with E-state index in [0.717, 1.165) is 5.56 Å². The topological polar surface area (TPSA) is 38.3 Å². The molecule has 1 rings (SSSR count). The number of carbonyl (C=O) groups excluding carboxylic acids is 1. The Bertz CT molecular complexity index is 368. The first kappa shape index (κ1) is 15.5. The van der Waals surface area contributed by atoms with E-state index < -0.39 is 12.3 Å². The number of halogens is 1. The van der Waals surface area contributed by atoms with E-state index in [1.807, 2.05) is 44.2 Å². The highest BCUT2D eigenvalue weighted by atomic mass is 19.1. The van der Waals surface area contributed by atoms with Crippen molar-refractivity contribution in [3.05, 3.63) is 35.9 Å². The van der Waals surface area contributed by atoms with Crippen LogP contribution in [0.15, 0.2) is 30.3 Å². The second kappa shape index (κ2) is 8.51. The third kappa shape index (κ3) is 6.79. The summed E-state index contributed by atoms with van der Waals surface area (Å²) in [5.41, 5.74) is 0.946. The second-order valence-electron chi connectivity index (χ2n) is 4.89. The van der Waals surface area contributed by atoms with E-state index in [0.29, 0.717) is 19.4 Å². The summed E-state index contributed by atoms with van der Waals surface area (Å²) in [6.07, 6.45) is -0.165. The van der Waals surface area contributed by atoms with E-state index in [9.17, 15) is 9.18 Å². The second-order valence-corrected chi connectivity index (χ2v) is 4.89. The van der Waals surface area contributed by atoms with Gasteiger partial charge in [-0.05, 0) is 24.3 Å². The van der Waals surface area contributed by atoms with Crippen LogP contribution in [0.4, 0.5) is 9.18 Å². The Balaban J connectivity index is 2.09. The maximum absolute atomic E-state index is 13.3. The van der Waals surface area contributed by atoms with E-state index in [1.165, 1.54) is 0 Å². The molecule has 106 valence electrons. The molecule has 1 amide bonds. The minimum Gasteiger partial charge on any atom is -0.445 e. The van der Waals surface area contributed by atoms with Crippen molar-refractivity contribution in [2.24, 2.45) is 5.92 Å². The number of alkyl halides is 1. The largest absolute Gasteiger partial charge is 0.445 e. The van der Waals surface area contributed by atoms with Crippen molar-refractivity contribution in [2.75, 3.05) is 6.54 Å². The number of hydrogen-bond donors (Lipinski definition) is 1. The van der Waals surface area contributed by atoms with Crippen LogP contribution in [0.1, 0.15) is 32.3 Å². The zero-order valence-corrected chi connectivity index (χ0v) is 11.6. The van der Waals surface area contributed by atoms with E-state index >= 15 is 0 Å². The Hall–Kier alpha value is -1.58. The smallest absolute Gasteiger partial charge is 0.407 e. The summed E-state index contributed by atoms with van der Waals surface area (Å²) in [6.45, 7) is 4.41. The molecule has 0 fully saturated rings. The summed E-state index contributed by atoms with van der Waals surface area (Å²) in [7, 11) is 0. The van der Waals surface area contributed by atoms with Crippen LogP contribution in [0.2, 0.25) is 0 Å². The Kier molecular flexibility index (Phi) is 6.93. The highest BCUT2D eigenvalue weighted by Gasteiger charge is 2.10. The average Bonchev–Trinajstić information content (AvgIpc) is 2.42. The lowest BCUT2D eigenvalue weighted by Gasteiger charge is -2.11. The van der Waals surface area contributed by atoms with Gasteiger partial charge in [-0.2, -0.15) is 0 Å². The molecule has 0 radical (unpaired) electrons. The van der Waals surface area contributed by atoms with Crippen molar-refractivity contribution in [3.63, 3.8) is 0 Å². The predicted octanol–water partition coefficient (Wildman–Crippen LogP) is 3.69. The molecule has 1 aromatic carbocycles. The lowest BCUT2D eigenvalue weighted by molar-refractivity contribution is 0.139. The molecular formula is C15H22FNO2. The van der Waals surface area contributed by atoms with Crippen LogP contribution in [0.3, 0.4) is 0 Å². The number of carbonyl (C=O) groups is 1. The van der Waals surface area contributed by atoms with Gasteiger partial charge in [-0.15, -0.1) is 0 Å². The monoisotopic (exact) mass is 267 g/mol. The van der Waals surface area contributed by atoms with Crippen molar-refractivity contribution in [1.82, 2.24) is 5.32 Å². The first-order chi connectivity index (χ1) is 9.09. The zero-order chi connectivity index (χ0) is 14.1. The molecule has 19 heavy (non-hydrogen) atoms. The van der Waals surface area contributed by atoms with Gasteiger partial charge in [-0.3, -0.25) is 0 Å². The number of nitrogens with one attached hydrogen (secondary N) is 1. The summed E-state index contributed by atoms with van der Waals surface area (Å²) in [5, 5.41) is 2.62. The lowest BCUT2D eigenvalue weighted by atomic mass is 10.0. The maximum Gasteiger partial charge on any atom is 0.407 e. The number of ether oxygens (including phenoxy) is 1. The van der Waals surface area contributed by atoms with Gasteiger partial charge in [0.05, 0.1) is 0 Å². The Labute approximate surface area is 114 Å². The summed E-state index contributed by atoms with van der Waals surface area (Å²) < 4.78 is 18.3. The first-order valence-electron chi connectivity index (χ1n) is 6.68. The fourth-order valence-corrected chi connectivity index (χ4v) is 1.59. The molecule has 4 heteroatoms. The Morgan fingerprint density at radius 2 is 2.00 bits per heavy atom. The van der Waals surface area contributed by atoms with Crippen molar-refractivity contribution in [1.29, 1.82) is 0 Å².